The molecule has 0 radical (unpaired) electrons. The Morgan fingerprint density at radius 1 is 1.12 bits per heavy atom. The van der Waals surface area contributed by atoms with Gasteiger partial charge in [-0.05, 0) is 38.0 Å². The first-order chi connectivity index (χ1) is 19.0. The molecule has 4 atom stereocenters. The number of likely N-dealkylation sites (N-methyl/N-ethyl adjacent to an activating group) is 1. The number of urea groups is 1. The lowest BCUT2D eigenvalue weighted by atomic mass is 9.98. The van der Waals surface area contributed by atoms with Gasteiger partial charge in [0.1, 0.15) is 12.1 Å². The summed E-state index contributed by atoms with van der Waals surface area (Å²) in [5, 5.41) is 15.4. The van der Waals surface area contributed by atoms with E-state index in [0.29, 0.717) is 38.9 Å². The highest BCUT2D eigenvalue weighted by atomic mass is 16.4. The molecule has 0 bridgehead atoms. The van der Waals surface area contributed by atoms with E-state index < -0.39 is 41.8 Å². The van der Waals surface area contributed by atoms with E-state index >= 15 is 0 Å². The zero-order valence-electron chi connectivity index (χ0n) is 24.9. The van der Waals surface area contributed by atoms with Crippen LogP contribution >= 0.6 is 0 Å². The van der Waals surface area contributed by atoms with Gasteiger partial charge in [-0.15, -0.1) is 0 Å². The molecule has 2 aliphatic heterocycles. The van der Waals surface area contributed by atoms with Crippen molar-refractivity contribution in [3.63, 3.8) is 0 Å². The summed E-state index contributed by atoms with van der Waals surface area (Å²) < 4.78 is 0. The summed E-state index contributed by atoms with van der Waals surface area (Å²) in [5.41, 5.74) is 0. The highest BCUT2D eigenvalue weighted by Gasteiger charge is 2.40. The Morgan fingerprint density at radius 2 is 1.85 bits per heavy atom. The Labute approximate surface area is 238 Å². The van der Waals surface area contributed by atoms with E-state index in [2.05, 4.69) is 17.6 Å². The zero-order valence-corrected chi connectivity index (χ0v) is 24.9. The highest BCUT2D eigenvalue weighted by molar-refractivity contribution is 5.92. The number of carbonyl (C=O) groups excluding carboxylic acids is 4. The number of unbranched alkanes of at least 4 members (excludes halogenated alkanes) is 3. The topological polar surface area (TPSA) is 139 Å². The first-order valence-electron chi connectivity index (χ1n) is 14.8. The average Bonchev–Trinajstić information content (AvgIpc) is 3.55. The van der Waals surface area contributed by atoms with Crippen LogP contribution in [0.5, 0.6) is 0 Å². The molecular weight excluding hydrogens is 514 g/mol. The van der Waals surface area contributed by atoms with Crippen molar-refractivity contribution in [2.24, 2.45) is 11.8 Å². The standard InChI is InChI=1S/C29H49N5O6/c1-6-7-8-9-10-13-21(4)26(28(38)39)32(5)27(37)23-14-11-17-34(23)25(36)18-30-29(40)31-22(20(2)3)19-33-16-12-15-24(33)35/h10,13,20-23,26H,6-9,11-12,14-19H2,1-5H3,(H,38,39)(H2,30,31,40)/b13-10-/t21?,22-,23+,26-/m1/s1. The Hall–Kier alpha value is -3.11. The number of amides is 5. The summed E-state index contributed by atoms with van der Waals surface area (Å²) in [7, 11) is 1.48. The molecule has 11 heteroatoms. The molecule has 0 saturated carbocycles. The van der Waals surface area contributed by atoms with Gasteiger partial charge in [-0.1, -0.05) is 52.7 Å². The Balaban J connectivity index is 1.94. The number of nitrogens with zero attached hydrogens (tertiary/aromatic N) is 3. The number of hydrogen-bond acceptors (Lipinski definition) is 5. The molecule has 40 heavy (non-hydrogen) atoms. The first kappa shape index (κ1) is 33.1. The summed E-state index contributed by atoms with van der Waals surface area (Å²) in [6, 6.07) is -2.59. The first-order valence-corrected chi connectivity index (χ1v) is 14.8. The predicted octanol–water partition coefficient (Wildman–Crippen LogP) is 2.61. The van der Waals surface area contributed by atoms with Gasteiger partial charge in [-0.25, -0.2) is 9.59 Å². The second-order valence-corrected chi connectivity index (χ2v) is 11.4. The average molecular weight is 564 g/mol. The quantitative estimate of drug-likeness (QED) is 0.207. The number of carbonyl (C=O) groups is 5. The molecule has 5 amide bonds. The van der Waals surface area contributed by atoms with Crippen molar-refractivity contribution >= 4 is 29.7 Å². The summed E-state index contributed by atoms with van der Waals surface area (Å²) in [4.78, 5) is 67.5. The summed E-state index contributed by atoms with van der Waals surface area (Å²) in [6.07, 6.45) is 10.3. The minimum absolute atomic E-state index is 0.0836. The van der Waals surface area contributed by atoms with Crippen molar-refractivity contribution in [2.45, 2.75) is 97.2 Å². The molecule has 226 valence electrons. The maximum Gasteiger partial charge on any atom is 0.327 e. The van der Waals surface area contributed by atoms with E-state index in [4.69, 9.17) is 0 Å². The fourth-order valence-electron chi connectivity index (χ4n) is 5.40. The van der Waals surface area contributed by atoms with Gasteiger partial charge in [0.15, 0.2) is 0 Å². The number of carboxylic acids is 1. The SMILES string of the molecule is CCCCC/C=C\C(C)[C@H](C(=O)O)N(C)C(=O)[C@@H]1CCCN1C(=O)CNC(=O)N[C@H](CN1CCCC1=O)C(C)C. The number of allylic oxidation sites excluding steroid dienone is 1. The van der Waals surface area contributed by atoms with Crippen molar-refractivity contribution < 1.29 is 29.1 Å². The third kappa shape index (κ3) is 9.52. The molecule has 2 aliphatic rings. The summed E-state index contributed by atoms with van der Waals surface area (Å²) in [6.45, 7) is 9.00. The molecule has 0 aromatic carbocycles. The fraction of sp³-hybridized carbons (Fsp3) is 0.759. The van der Waals surface area contributed by atoms with Gasteiger partial charge in [-0.3, -0.25) is 14.4 Å². The van der Waals surface area contributed by atoms with Crippen LogP contribution in [0.1, 0.15) is 79.1 Å². The number of nitrogens with one attached hydrogen (secondary N) is 2. The highest BCUT2D eigenvalue weighted by Crippen LogP contribution is 2.22. The van der Waals surface area contributed by atoms with Crippen LogP contribution in [0.4, 0.5) is 4.79 Å². The van der Waals surface area contributed by atoms with Gasteiger partial charge in [-0.2, -0.15) is 0 Å². The normalized spacial score (nSPS) is 19.6. The maximum atomic E-state index is 13.4. The lowest BCUT2D eigenvalue weighted by molar-refractivity contribution is -0.153. The third-order valence-electron chi connectivity index (χ3n) is 7.90. The Bertz CT molecular complexity index is 923. The van der Waals surface area contributed by atoms with Crippen LogP contribution in [-0.2, 0) is 19.2 Å². The van der Waals surface area contributed by atoms with Crippen molar-refractivity contribution in [1.29, 1.82) is 0 Å². The minimum atomic E-state index is -1.09. The van der Waals surface area contributed by atoms with E-state index in [0.717, 1.165) is 32.1 Å². The molecule has 2 rings (SSSR count). The molecule has 0 aliphatic carbocycles. The van der Waals surface area contributed by atoms with Crippen molar-refractivity contribution in [2.75, 3.05) is 33.2 Å². The van der Waals surface area contributed by atoms with Crippen LogP contribution in [0, 0.1) is 11.8 Å². The van der Waals surface area contributed by atoms with Gasteiger partial charge < -0.3 is 30.4 Å². The van der Waals surface area contributed by atoms with Gasteiger partial charge in [0.2, 0.25) is 17.7 Å². The molecule has 11 nitrogen and oxygen atoms in total. The molecule has 2 heterocycles. The minimum Gasteiger partial charge on any atom is -0.480 e. The lowest BCUT2D eigenvalue weighted by Gasteiger charge is -2.33. The summed E-state index contributed by atoms with van der Waals surface area (Å²) >= 11 is 0. The molecule has 3 N–H and O–H groups in total. The molecular formula is C29H49N5O6. The molecule has 0 aromatic heterocycles. The molecule has 2 fully saturated rings. The van der Waals surface area contributed by atoms with E-state index in [9.17, 15) is 29.1 Å². The predicted molar refractivity (Wildman–Crippen MR) is 152 cm³/mol. The Kier molecular flexibility index (Phi) is 13.4. The number of hydrogen-bond donors (Lipinski definition) is 3. The van der Waals surface area contributed by atoms with Crippen molar-refractivity contribution in [3.8, 4) is 0 Å². The van der Waals surface area contributed by atoms with Crippen LogP contribution in [0.15, 0.2) is 12.2 Å². The monoisotopic (exact) mass is 563 g/mol. The molecule has 0 spiro atoms. The molecule has 1 unspecified atom stereocenters. The fourth-order valence-corrected chi connectivity index (χ4v) is 5.40. The number of carboxylic acid groups (broad SMARTS) is 1. The van der Waals surface area contributed by atoms with E-state index in [1.807, 2.05) is 26.0 Å². The molecule has 2 saturated heterocycles. The Morgan fingerprint density at radius 3 is 2.45 bits per heavy atom. The molecule has 0 aromatic rings. The van der Waals surface area contributed by atoms with Crippen LogP contribution in [-0.4, -0.2) is 101 Å². The van der Waals surface area contributed by atoms with Gasteiger partial charge >= 0.3 is 12.0 Å². The number of rotatable bonds is 15. The third-order valence-corrected chi connectivity index (χ3v) is 7.90. The van der Waals surface area contributed by atoms with Gasteiger partial charge in [0.25, 0.3) is 0 Å². The van der Waals surface area contributed by atoms with E-state index in [1.165, 1.54) is 16.8 Å². The lowest BCUT2D eigenvalue weighted by Crippen LogP contribution is -2.55. The number of likely N-dealkylation sites (tertiary alicyclic amines) is 2. The van der Waals surface area contributed by atoms with Crippen molar-refractivity contribution in [3.05, 3.63) is 12.2 Å². The summed E-state index contributed by atoms with van der Waals surface area (Å²) in [5.74, 6) is -2.13. The second kappa shape index (κ2) is 16.2. The largest absolute Gasteiger partial charge is 0.480 e. The van der Waals surface area contributed by atoms with E-state index in [-0.39, 0.29) is 24.4 Å². The maximum absolute atomic E-state index is 13.4. The van der Waals surface area contributed by atoms with Crippen LogP contribution in [0.25, 0.3) is 0 Å². The van der Waals surface area contributed by atoms with E-state index in [1.54, 1.807) is 11.8 Å². The van der Waals surface area contributed by atoms with Crippen LogP contribution < -0.4 is 10.6 Å². The van der Waals surface area contributed by atoms with Gasteiger partial charge in [0.05, 0.1) is 12.6 Å². The second-order valence-electron chi connectivity index (χ2n) is 11.4. The smallest absolute Gasteiger partial charge is 0.327 e. The van der Waals surface area contributed by atoms with Crippen LogP contribution in [0.3, 0.4) is 0 Å². The van der Waals surface area contributed by atoms with Crippen molar-refractivity contribution in [1.82, 2.24) is 25.3 Å². The van der Waals surface area contributed by atoms with Crippen LogP contribution in [0.2, 0.25) is 0 Å². The zero-order chi connectivity index (χ0) is 29.8. The number of aliphatic carboxylic acids is 1. The van der Waals surface area contributed by atoms with Gasteiger partial charge in [0, 0.05) is 39.0 Å².